The second kappa shape index (κ2) is 4.75. The fraction of sp³-hybridized carbons (Fsp3) is 0.214. The lowest BCUT2D eigenvalue weighted by Crippen LogP contribution is -2.43. The molecule has 19 heavy (non-hydrogen) atoms. The molecule has 0 aromatic heterocycles. The van der Waals surface area contributed by atoms with E-state index in [-0.39, 0.29) is 16.4 Å². The number of ketones is 1. The largest absolute Gasteiger partial charge is 0.318 e. The number of aryl methyl sites for hydroxylation is 1. The number of nitrogens with two attached hydrogens (primary N) is 1. The molecule has 1 aliphatic carbocycles. The fourth-order valence-corrected chi connectivity index (χ4v) is 3.41. The maximum Gasteiger partial charge on any atom is 0.180 e. The van der Waals surface area contributed by atoms with Gasteiger partial charge in [0.2, 0.25) is 0 Å². The smallest absolute Gasteiger partial charge is 0.180 e. The topological polar surface area (TPSA) is 77.2 Å². The van der Waals surface area contributed by atoms with Crippen LogP contribution in [0.4, 0.5) is 0 Å². The Labute approximate surface area is 112 Å². The lowest BCUT2D eigenvalue weighted by atomic mass is 9.97. The Balaban J connectivity index is 2.27. The summed E-state index contributed by atoms with van der Waals surface area (Å²) in [6.07, 6.45) is 5.46. The zero-order valence-electron chi connectivity index (χ0n) is 10.5. The highest BCUT2D eigenvalue weighted by atomic mass is 32.2. The van der Waals surface area contributed by atoms with Gasteiger partial charge in [0.05, 0.1) is 16.2 Å². The highest BCUT2D eigenvalue weighted by molar-refractivity contribution is 7.91. The number of carbonyl (C=O) groups is 1. The number of sulfone groups is 1. The minimum absolute atomic E-state index is 0.186. The molecule has 0 bridgehead atoms. The van der Waals surface area contributed by atoms with Crippen molar-refractivity contribution in [1.82, 2.24) is 0 Å². The van der Waals surface area contributed by atoms with Crippen LogP contribution in [0.1, 0.15) is 5.56 Å². The third-order valence-corrected chi connectivity index (χ3v) is 4.81. The first-order chi connectivity index (χ1) is 8.81. The van der Waals surface area contributed by atoms with Gasteiger partial charge in [-0.2, -0.15) is 0 Å². The van der Waals surface area contributed by atoms with Crippen LogP contribution in [0.3, 0.4) is 0 Å². The molecule has 100 valence electrons. The molecule has 0 fully saturated rings. The highest BCUT2D eigenvalue weighted by Gasteiger charge is 2.29. The van der Waals surface area contributed by atoms with Gasteiger partial charge in [-0.25, -0.2) is 8.42 Å². The van der Waals surface area contributed by atoms with Crippen molar-refractivity contribution in [3.05, 3.63) is 54.1 Å². The van der Waals surface area contributed by atoms with E-state index in [1.165, 1.54) is 24.3 Å². The predicted octanol–water partition coefficient (Wildman–Crippen LogP) is 1.16. The van der Waals surface area contributed by atoms with Gasteiger partial charge < -0.3 is 5.73 Å². The van der Waals surface area contributed by atoms with E-state index in [1.54, 1.807) is 24.3 Å². The Morgan fingerprint density at radius 3 is 2.16 bits per heavy atom. The SMILES string of the molecule is Cc1ccc(S(=O)(=O)CC2(N)C=CC(=O)C=C2)cc1. The summed E-state index contributed by atoms with van der Waals surface area (Å²) in [5.74, 6) is -0.447. The molecule has 0 radical (unpaired) electrons. The Morgan fingerprint density at radius 2 is 1.63 bits per heavy atom. The van der Waals surface area contributed by atoms with Crippen LogP contribution in [0.15, 0.2) is 53.5 Å². The zero-order chi connectivity index (χ0) is 14.1. The first-order valence-corrected chi connectivity index (χ1v) is 7.47. The standard InChI is InChI=1S/C14H15NO3S/c1-11-2-4-13(5-3-11)19(17,18)10-14(15)8-6-12(16)7-9-14/h2-9H,10,15H2,1H3. The molecule has 0 aliphatic heterocycles. The van der Waals surface area contributed by atoms with Gasteiger partial charge in [0.15, 0.2) is 15.6 Å². The van der Waals surface area contributed by atoms with Gasteiger partial charge in [-0.3, -0.25) is 4.79 Å². The third kappa shape index (κ3) is 3.19. The summed E-state index contributed by atoms with van der Waals surface area (Å²) in [6, 6.07) is 6.61. The zero-order valence-corrected chi connectivity index (χ0v) is 11.4. The van der Waals surface area contributed by atoms with E-state index in [1.807, 2.05) is 6.92 Å². The average molecular weight is 277 g/mol. The molecule has 0 amide bonds. The van der Waals surface area contributed by atoms with E-state index in [0.717, 1.165) is 5.56 Å². The van der Waals surface area contributed by atoms with Crippen molar-refractivity contribution < 1.29 is 13.2 Å². The lowest BCUT2D eigenvalue weighted by Gasteiger charge is -2.23. The maximum atomic E-state index is 12.3. The summed E-state index contributed by atoms with van der Waals surface area (Å²) in [6.45, 7) is 1.89. The second-order valence-corrected chi connectivity index (χ2v) is 6.74. The Morgan fingerprint density at radius 1 is 1.11 bits per heavy atom. The van der Waals surface area contributed by atoms with E-state index in [9.17, 15) is 13.2 Å². The number of allylic oxidation sites excluding steroid dienone is 2. The Bertz CT molecular complexity index is 638. The first kappa shape index (κ1) is 13.7. The van der Waals surface area contributed by atoms with Crippen molar-refractivity contribution in [1.29, 1.82) is 0 Å². The van der Waals surface area contributed by atoms with Crippen LogP contribution in [0.25, 0.3) is 0 Å². The average Bonchev–Trinajstić information content (AvgIpc) is 2.33. The van der Waals surface area contributed by atoms with Crippen LogP contribution in [0.2, 0.25) is 0 Å². The molecule has 1 aromatic rings. The molecule has 0 saturated heterocycles. The Hall–Kier alpha value is -1.72. The summed E-state index contributed by atoms with van der Waals surface area (Å²) in [7, 11) is -3.49. The van der Waals surface area contributed by atoms with Crippen LogP contribution >= 0.6 is 0 Å². The lowest BCUT2D eigenvalue weighted by molar-refractivity contribution is -0.110. The summed E-state index contributed by atoms with van der Waals surface area (Å²) in [5.41, 5.74) is 5.83. The molecule has 0 saturated carbocycles. The van der Waals surface area contributed by atoms with Crippen LogP contribution in [0.5, 0.6) is 0 Å². The van der Waals surface area contributed by atoms with Crippen LogP contribution in [-0.4, -0.2) is 25.5 Å². The Kier molecular flexibility index (Phi) is 3.43. The number of benzene rings is 1. The molecular weight excluding hydrogens is 262 g/mol. The number of hydrogen-bond acceptors (Lipinski definition) is 4. The fourth-order valence-electron chi connectivity index (χ4n) is 1.84. The van der Waals surface area contributed by atoms with Gasteiger partial charge in [0, 0.05) is 0 Å². The van der Waals surface area contributed by atoms with Crippen molar-refractivity contribution in [2.45, 2.75) is 17.4 Å². The number of rotatable bonds is 3. The summed E-state index contributed by atoms with van der Waals surface area (Å²) < 4.78 is 24.5. The number of hydrogen-bond donors (Lipinski definition) is 1. The van der Waals surface area contributed by atoms with Crippen LogP contribution in [-0.2, 0) is 14.6 Å². The molecule has 0 spiro atoms. The van der Waals surface area contributed by atoms with E-state index >= 15 is 0 Å². The molecule has 1 aliphatic rings. The summed E-state index contributed by atoms with van der Waals surface area (Å²) in [4.78, 5) is 11.3. The van der Waals surface area contributed by atoms with Gasteiger partial charge in [0.1, 0.15) is 0 Å². The van der Waals surface area contributed by atoms with Crippen molar-refractivity contribution >= 4 is 15.6 Å². The normalized spacial score (nSPS) is 17.7. The molecule has 5 heteroatoms. The van der Waals surface area contributed by atoms with E-state index in [0.29, 0.717) is 0 Å². The summed E-state index contributed by atoms with van der Waals surface area (Å²) in [5, 5.41) is 0. The van der Waals surface area contributed by atoms with Crippen LogP contribution in [0, 0.1) is 6.92 Å². The molecular formula is C14H15NO3S. The minimum Gasteiger partial charge on any atom is -0.318 e. The maximum absolute atomic E-state index is 12.3. The molecule has 0 atom stereocenters. The van der Waals surface area contributed by atoms with Crippen molar-refractivity contribution in [3.8, 4) is 0 Å². The molecule has 1 aromatic carbocycles. The van der Waals surface area contributed by atoms with Crippen molar-refractivity contribution in [2.24, 2.45) is 5.73 Å². The predicted molar refractivity (Wildman–Crippen MR) is 73.4 cm³/mol. The first-order valence-electron chi connectivity index (χ1n) is 5.82. The van der Waals surface area contributed by atoms with Gasteiger partial charge in [-0.1, -0.05) is 29.8 Å². The van der Waals surface area contributed by atoms with Crippen molar-refractivity contribution in [3.63, 3.8) is 0 Å². The minimum atomic E-state index is -3.49. The quantitative estimate of drug-likeness (QED) is 0.899. The second-order valence-electron chi connectivity index (χ2n) is 4.75. The van der Waals surface area contributed by atoms with Gasteiger partial charge in [-0.05, 0) is 31.2 Å². The van der Waals surface area contributed by atoms with E-state index < -0.39 is 15.4 Å². The number of carbonyl (C=O) groups excluding carboxylic acids is 1. The molecule has 0 unspecified atom stereocenters. The third-order valence-electron chi connectivity index (χ3n) is 2.94. The molecule has 4 nitrogen and oxygen atoms in total. The molecule has 2 rings (SSSR count). The molecule has 0 heterocycles. The summed E-state index contributed by atoms with van der Waals surface area (Å²) >= 11 is 0. The van der Waals surface area contributed by atoms with Gasteiger partial charge >= 0.3 is 0 Å². The van der Waals surface area contributed by atoms with Crippen LogP contribution < -0.4 is 5.73 Å². The van der Waals surface area contributed by atoms with E-state index in [4.69, 9.17) is 5.73 Å². The monoisotopic (exact) mass is 277 g/mol. The van der Waals surface area contributed by atoms with Crippen molar-refractivity contribution in [2.75, 3.05) is 5.75 Å². The highest BCUT2D eigenvalue weighted by Crippen LogP contribution is 2.19. The van der Waals surface area contributed by atoms with Gasteiger partial charge in [-0.15, -0.1) is 0 Å². The molecule has 2 N–H and O–H groups in total. The van der Waals surface area contributed by atoms with Gasteiger partial charge in [0.25, 0.3) is 0 Å². The van der Waals surface area contributed by atoms with E-state index in [2.05, 4.69) is 0 Å².